The molecule has 0 radical (unpaired) electrons. The first-order valence-corrected chi connectivity index (χ1v) is 8.14. The lowest BCUT2D eigenvalue weighted by molar-refractivity contribution is 0.825. The van der Waals surface area contributed by atoms with Gasteiger partial charge in [-0.1, -0.05) is 37.9 Å². The van der Waals surface area contributed by atoms with Gasteiger partial charge in [0.2, 0.25) is 0 Å². The van der Waals surface area contributed by atoms with Crippen LogP contribution in [-0.2, 0) is 11.9 Å². The lowest BCUT2D eigenvalue weighted by Gasteiger charge is -2.25. The van der Waals surface area contributed by atoms with E-state index in [1.807, 2.05) is 12.4 Å². The quantitative estimate of drug-likeness (QED) is 0.691. The summed E-state index contributed by atoms with van der Waals surface area (Å²) in [6, 6.07) is 10.5. The molecule has 1 aromatic carbocycles. The Morgan fingerprint density at radius 3 is 2.53 bits per heavy atom. The van der Waals surface area contributed by atoms with Crippen LogP contribution < -0.4 is 4.90 Å². The monoisotopic (exact) mass is 382 g/mol. The Bertz CT molecular complexity index is 529. The molecular formula is C15H16Br2N2. The smallest absolute Gasteiger partial charge is 0.0430 e. The lowest BCUT2D eigenvalue weighted by Crippen LogP contribution is -2.23. The topological polar surface area (TPSA) is 16.1 Å². The maximum absolute atomic E-state index is 4.07. The summed E-state index contributed by atoms with van der Waals surface area (Å²) in [5, 5.41) is 0.864. The van der Waals surface area contributed by atoms with Crippen LogP contribution in [0.4, 0.5) is 5.69 Å². The van der Waals surface area contributed by atoms with E-state index in [9.17, 15) is 0 Å². The molecule has 0 aliphatic carbocycles. The lowest BCUT2D eigenvalue weighted by atomic mass is 10.1. The van der Waals surface area contributed by atoms with Crippen LogP contribution in [0.3, 0.4) is 0 Å². The number of aromatic nitrogens is 1. The zero-order chi connectivity index (χ0) is 13.7. The van der Waals surface area contributed by atoms with Gasteiger partial charge in [0.05, 0.1) is 0 Å². The third-order valence-electron chi connectivity index (χ3n) is 3.04. The molecule has 4 heteroatoms. The highest BCUT2D eigenvalue weighted by atomic mass is 79.9. The van der Waals surface area contributed by atoms with Crippen molar-refractivity contribution in [2.45, 2.75) is 18.8 Å². The number of hydrogen-bond donors (Lipinski definition) is 0. The minimum atomic E-state index is 0.864. The minimum absolute atomic E-state index is 0.864. The molecule has 19 heavy (non-hydrogen) atoms. The molecule has 100 valence electrons. The van der Waals surface area contributed by atoms with Gasteiger partial charge in [-0.3, -0.25) is 4.98 Å². The second-order valence-corrected chi connectivity index (χ2v) is 5.75. The van der Waals surface area contributed by atoms with Crippen LogP contribution in [0.2, 0.25) is 0 Å². The molecule has 0 saturated carbocycles. The van der Waals surface area contributed by atoms with Crippen molar-refractivity contribution < 1.29 is 0 Å². The summed E-state index contributed by atoms with van der Waals surface area (Å²) in [5.41, 5.74) is 3.85. The molecule has 1 aromatic heterocycles. The highest BCUT2D eigenvalue weighted by Gasteiger charge is 2.10. The van der Waals surface area contributed by atoms with E-state index in [1.165, 1.54) is 16.8 Å². The van der Waals surface area contributed by atoms with E-state index in [1.54, 1.807) is 0 Å². The SMILES string of the molecule is CCN(Cc1ccncc1)c1cc(Br)ccc1CBr. The first-order valence-electron chi connectivity index (χ1n) is 6.22. The van der Waals surface area contributed by atoms with Crippen LogP contribution in [0.25, 0.3) is 0 Å². The first-order chi connectivity index (χ1) is 9.24. The number of halogens is 2. The summed E-state index contributed by atoms with van der Waals surface area (Å²) >= 11 is 7.12. The van der Waals surface area contributed by atoms with Crippen LogP contribution in [0.15, 0.2) is 47.2 Å². The zero-order valence-corrected chi connectivity index (χ0v) is 14.0. The van der Waals surface area contributed by atoms with Gasteiger partial charge < -0.3 is 4.90 Å². The summed E-state index contributed by atoms with van der Waals surface area (Å²) in [5.74, 6) is 0. The van der Waals surface area contributed by atoms with Crippen molar-refractivity contribution in [3.8, 4) is 0 Å². The van der Waals surface area contributed by atoms with Gasteiger partial charge in [0.1, 0.15) is 0 Å². The minimum Gasteiger partial charge on any atom is -0.367 e. The highest BCUT2D eigenvalue weighted by molar-refractivity contribution is 9.10. The maximum Gasteiger partial charge on any atom is 0.0430 e. The van der Waals surface area contributed by atoms with Gasteiger partial charge in [0.25, 0.3) is 0 Å². The summed E-state index contributed by atoms with van der Waals surface area (Å²) < 4.78 is 1.11. The predicted octanol–water partition coefficient (Wildman–Crippen LogP) is 4.77. The Morgan fingerprint density at radius 1 is 1.16 bits per heavy atom. The molecule has 0 unspecified atom stereocenters. The number of rotatable bonds is 5. The van der Waals surface area contributed by atoms with Gasteiger partial charge in [0.15, 0.2) is 0 Å². The second kappa shape index (κ2) is 7.06. The molecule has 1 heterocycles. The van der Waals surface area contributed by atoms with Crippen LogP contribution >= 0.6 is 31.9 Å². The van der Waals surface area contributed by atoms with Gasteiger partial charge in [-0.15, -0.1) is 0 Å². The van der Waals surface area contributed by atoms with E-state index >= 15 is 0 Å². The number of anilines is 1. The fraction of sp³-hybridized carbons (Fsp3) is 0.267. The Morgan fingerprint density at radius 2 is 1.89 bits per heavy atom. The van der Waals surface area contributed by atoms with Crippen molar-refractivity contribution in [2.75, 3.05) is 11.4 Å². The number of benzene rings is 1. The maximum atomic E-state index is 4.07. The molecule has 2 aromatic rings. The molecule has 2 nitrogen and oxygen atoms in total. The molecule has 0 spiro atoms. The molecule has 0 atom stereocenters. The molecule has 2 rings (SSSR count). The fourth-order valence-electron chi connectivity index (χ4n) is 2.02. The van der Waals surface area contributed by atoms with Gasteiger partial charge in [-0.25, -0.2) is 0 Å². The Labute approximate surface area is 131 Å². The van der Waals surface area contributed by atoms with Crippen molar-refractivity contribution in [2.24, 2.45) is 0 Å². The van der Waals surface area contributed by atoms with E-state index in [0.717, 1.165) is 22.9 Å². The summed E-state index contributed by atoms with van der Waals surface area (Å²) in [4.78, 5) is 6.44. The average molecular weight is 384 g/mol. The summed E-state index contributed by atoms with van der Waals surface area (Å²) in [6.07, 6.45) is 3.69. The summed E-state index contributed by atoms with van der Waals surface area (Å²) in [7, 11) is 0. The molecule has 0 fully saturated rings. The first kappa shape index (κ1) is 14.5. The van der Waals surface area contributed by atoms with Crippen LogP contribution in [0.5, 0.6) is 0 Å². The van der Waals surface area contributed by atoms with E-state index < -0.39 is 0 Å². The number of hydrogen-bond acceptors (Lipinski definition) is 2. The number of pyridine rings is 1. The van der Waals surface area contributed by atoms with Gasteiger partial charge >= 0.3 is 0 Å². The highest BCUT2D eigenvalue weighted by Crippen LogP contribution is 2.28. The van der Waals surface area contributed by atoms with E-state index in [2.05, 4.69) is 79.0 Å². The Balaban J connectivity index is 2.29. The number of alkyl halides is 1. The Hall–Kier alpha value is -0.870. The normalized spacial score (nSPS) is 10.5. The van der Waals surface area contributed by atoms with Gasteiger partial charge in [-0.2, -0.15) is 0 Å². The van der Waals surface area contributed by atoms with Crippen molar-refractivity contribution >= 4 is 37.5 Å². The van der Waals surface area contributed by atoms with Crippen LogP contribution in [-0.4, -0.2) is 11.5 Å². The van der Waals surface area contributed by atoms with Crippen LogP contribution in [0.1, 0.15) is 18.1 Å². The van der Waals surface area contributed by atoms with E-state index in [-0.39, 0.29) is 0 Å². The molecule has 0 bridgehead atoms. The van der Waals surface area contributed by atoms with Crippen molar-refractivity contribution in [1.82, 2.24) is 4.98 Å². The van der Waals surface area contributed by atoms with Crippen molar-refractivity contribution in [3.05, 3.63) is 58.3 Å². The standard InChI is InChI=1S/C15H16Br2N2/c1-2-19(11-12-5-7-18-8-6-12)15-9-14(17)4-3-13(15)10-16/h3-9H,2,10-11H2,1H3. The fourth-order valence-corrected chi connectivity index (χ4v) is 2.84. The van der Waals surface area contributed by atoms with Crippen LogP contribution in [0, 0.1) is 0 Å². The number of nitrogens with zero attached hydrogens (tertiary/aromatic N) is 2. The molecular weight excluding hydrogens is 368 g/mol. The largest absolute Gasteiger partial charge is 0.367 e. The third-order valence-corrected chi connectivity index (χ3v) is 4.13. The van der Waals surface area contributed by atoms with E-state index in [0.29, 0.717) is 0 Å². The van der Waals surface area contributed by atoms with E-state index in [4.69, 9.17) is 0 Å². The average Bonchev–Trinajstić information content (AvgIpc) is 2.46. The molecule has 0 amide bonds. The molecule has 0 aliphatic rings. The second-order valence-electron chi connectivity index (χ2n) is 4.28. The molecule has 0 N–H and O–H groups in total. The van der Waals surface area contributed by atoms with Crippen molar-refractivity contribution in [3.63, 3.8) is 0 Å². The van der Waals surface area contributed by atoms with Gasteiger partial charge in [-0.05, 0) is 42.3 Å². The van der Waals surface area contributed by atoms with Crippen molar-refractivity contribution in [1.29, 1.82) is 0 Å². The predicted molar refractivity (Wildman–Crippen MR) is 87.7 cm³/mol. The molecule has 0 aliphatic heterocycles. The summed E-state index contributed by atoms with van der Waals surface area (Å²) in [6.45, 7) is 4.05. The Kier molecular flexibility index (Phi) is 5.40. The zero-order valence-electron chi connectivity index (χ0n) is 10.8. The molecule has 0 saturated heterocycles. The van der Waals surface area contributed by atoms with Gasteiger partial charge in [0, 0.05) is 41.0 Å². The third kappa shape index (κ3) is 3.80.